The van der Waals surface area contributed by atoms with Crippen LogP contribution < -0.4 is 0 Å². The number of hydrogen-bond acceptors (Lipinski definition) is 4. The van der Waals surface area contributed by atoms with E-state index in [2.05, 4.69) is 11.9 Å². The molecule has 0 aromatic carbocycles. The molecule has 0 spiro atoms. The molecular weight excluding hydrogens is 294 g/mol. The third-order valence-electron chi connectivity index (χ3n) is 4.60. The first-order chi connectivity index (χ1) is 11.1. The number of pyridine rings is 1. The van der Waals surface area contributed by atoms with E-state index in [1.807, 2.05) is 4.90 Å². The zero-order chi connectivity index (χ0) is 16.4. The minimum absolute atomic E-state index is 0.139. The average Bonchev–Trinajstić information content (AvgIpc) is 2.84. The topological polar surface area (TPSA) is 70.6 Å². The fraction of sp³-hybridized carbons (Fsp3) is 0.529. The molecule has 0 saturated carbocycles. The van der Waals surface area contributed by atoms with Gasteiger partial charge < -0.3 is 4.90 Å². The van der Waals surface area contributed by atoms with Gasteiger partial charge in [-0.05, 0) is 31.4 Å². The fourth-order valence-electron chi connectivity index (χ4n) is 3.28. The summed E-state index contributed by atoms with van der Waals surface area (Å²) in [5.74, 6) is -0.385. The van der Waals surface area contributed by atoms with Gasteiger partial charge in [0.2, 0.25) is 5.91 Å². The lowest BCUT2D eigenvalue weighted by molar-refractivity contribution is -0.132. The lowest BCUT2D eigenvalue weighted by Crippen LogP contribution is -2.48. The Bertz CT molecular complexity index is 601. The minimum atomic E-state index is -0.304. The van der Waals surface area contributed by atoms with E-state index < -0.39 is 0 Å². The summed E-state index contributed by atoms with van der Waals surface area (Å²) in [5, 5.41) is 0. The molecule has 6 heteroatoms. The van der Waals surface area contributed by atoms with Gasteiger partial charge in [0.15, 0.2) is 0 Å². The van der Waals surface area contributed by atoms with Crippen molar-refractivity contribution in [1.82, 2.24) is 14.8 Å². The first-order valence-corrected chi connectivity index (χ1v) is 8.24. The number of carbonyl (C=O) groups excluding carboxylic acids is 3. The summed E-state index contributed by atoms with van der Waals surface area (Å²) in [7, 11) is 0. The van der Waals surface area contributed by atoms with Crippen molar-refractivity contribution < 1.29 is 14.4 Å². The summed E-state index contributed by atoms with van der Waals surface area (Å²) in [5.41, 5.74) is 0.637. The predicted octanol–water partition coefficient (Wildman–Crippen LogP) is 1.86. The molecule has 6 nitrogen and oxygen atoms in total. The van der Waals surface area contributed by atoms with Gasteiger partial charge in [0.05, 0.1) is 5.56 Å². The van der Waals surface area contributed by atoms with Crippen molar-refractivity contribution in [2.75, 3.05) is 13.1 Å². The van der Waals surface area contributed by atoms with Crippen LogP contribution in [0.2, 0.25) is 0 Å². The van der Waals surface area contributed by atoms with E-state index in [0.717, 1.165) is 12.8 Å². The van der Waals surface area contributed by atoms with E-state index >= 15 is 0 Å². The molecular formula is C17H21N3O3. The Morgan fingerprint density at radius 1 is 1.26 bits per heavy atom. The molecule has 3 amide bonds. The Hall–Kier alpha value is -2.24. The monoisotopic (exact) mass is 315 g/mol. The molecule has 3 heterocycles. The van der Waals surface area contributed by atoms with Crippen LogP contribution in [0.15, 0.2) is 18.3 Å². The predicted molar refractivity (Wildman–Crippen MR) is 83.9 cm³/mol. The van der Waals surface area contributed by atoms with Gasteiger partial charge >= 0.3 is 0 Å². The highest BCUT2D eigenvalue weighted by Gasteiger charge is 2.42. The molecule has 1 aromatic heterocycles. The number of piperidine rings is 1. The molecule has 3 rings (SSSR count). The molecule has 0 N–H and O–H groups in total. The molecule has 0 radical (unpaired) electrons. The summed E-state index contributed by atoms with van der Waals surface area (Å²) in [4.78, 5) is 44.2. The molecule has 1 aromatic rings. The van der Waals surface area contributed by atoms with Crippen LogP contribution >= 0.6 is 0 Å². The van der Waals surface area contributed by atoms with E-state index in [0.29, 0.717) is 37.9 Å². The number of aromatic nitrogens is 1. The summed E-state index contributed by atoms with van der Waals surface area (Å²) in [6, 6.07) is 3.17. The van der Waals surface area contributed by atoms with Gasteiger partial charge in [-0.2, -0.15) is 0 Å². The second kappa shape index (κ2) is 6.48. The zero-order valence-electron chi connectivity index (χ0n) is 13.3. The van der Waals surface area contributed by atoms with Crippen LogP contribution in [-0.2, 0) is 4.79 Å². The quantitative estimate of drug-likeness (QED) is 0.795. The van der Waals surface area contributed by atoms with E-state index in [9.17, 15) is 14.4 Å². The fourth-order valence-corrected chi connectivity index (χ4v) is 3.28. The molecule has 1 saturated heterocycles. The van der Waals surface area contributed by atoms with Gasteiger partial charge in [-0.1, -0.05) is 13.3 Å². The standard InChI is InChI=1S/C17H21N3O3/c1-2-3-6-14(21)19-10-7-12(8-11-19)20-16(22)13-5-4-9-18-15(13)17(20)23/h4-5,9,12H,2-3,6-8,10-11H2,1H3. The SMILES string of the molecule is CCCCC(=O)N1CCC(N2C(=O)c3cccnc3C2=O)CC1. The highest BCUT2D eigenvalue weighted by molar-refractivity contribution is 6.20. The van der Waals surface area contributed by atoms with Crippen LogP contribution in [0, 0.1) is 0 Å². The molecule has 122 valence electrons. The van der Waals surface area contributed by atoms with Crippen molar-refractivity contribution in [3.05, 3.63) is 29.6 Å². The number of hydrogen-bond donors (Lipinski definition) is 0. The van der Waals surface area contributed by atoms with Crippen molar-refractivity contribution in [2.24, 2.45) is 0 Å². The molecule has 0 unspecified atom stereocenters. The molecule has 23 heavy (non-hydrogen) atoms. The van der Waals surface area contributed by atoms with Crippen molar-refractivity contribution in [3.8, 4) is 0 Å². The Morgan fingerprint density at radius 2 is 2.00 bits per heavy atom. The summed E-state index contributed by atoms with van der Waals surface area (Å²) < 4.78 is 0. The summed E-state index contributed by atoms with van der Waals surface area (Å²) >= 11 is 0. The number of unbranched alkanes of at least 4 members (excludes halogenated alkanes) is 1. The molecule has 0 aliphatic carbocycles. The highest BCUT2D eigenvalue weighted by Crippen LogP contribution is 2.27. The van der Waals surface area contributed by atoms with Crippen LogP contribution in [-0.4, -0.2) is 51.6 Å². The number of rotatable bonds is 4. The second-order valence-corrected chi connectivity index (χ2v) is 6.10. The Morgan fingerprint density at radius 3 is 2.65 bits per heavy atom. The van der Waals surface area contributed by atoms with Gasteiger partial charge in [0, 0.05) is 31.7 Å². The maximum atomic E-state index is 12.4. The number of nitrogens with zero attached hydrogens (tertiary/aromatic N) is 3. The van der Waals surface area contributed by atoms with Crippen LogP contribution in [0.25, 0.3) is 0 Å². The summed E-state index contributed by atoms with van der Waals surface area (Å²) in [6.07, 6.45) is 5.31. The normalized spacial score (nSPS) is 18.5. The number of imide groups is 1. The van der Waals surface area contributed by atoms with Gasteiger partial charge in [-0.15, -0.1) is 0 Å². The number of fused-ring (bicyclic) bond motifs is 1. The van der Waals surface area contributed by atoms with E-state index in [1.165, 1.54) is 11.1 Å². The Kier molecular flexibility index (Phi) is 4.41. The Labute approximate surface area is 135 Å². The average molecular weight is 315 g/mol. The number of likely N-dealkylation sites (tertiary alicyclic amines) is 1. The van der Waals surface area contributed by atoms with Crippen LogP contribution in [0.1, 0.15) is 59.9 Å². The smallest absolute Gasteiger partial charge is 0.280 e. The second-order valence-electron chi connectivity index (χ2n) is 6.10. The van der Waals surface area contributed by atoms with Crippen LogP contribution in [0.5, 0.6) is 0 Å². The lowest BCUT2D eigenvalue weighted by atomic mass is 10.0. The van der Waals surface area contributed by atoms with Crippen molar-refractivity contribution in [3.63, 3.8) is 0 Å². The van der Waals surface area contributed by atoms with Gasteiger partial charge in [0.25, 0.3) is 11.8 Å². The molecule has 2 aliphatic heterocycles. The van der Waals surface area contributed by atoms with E-state index in [-0.39, 0.29) is 29.5 Å². The Balaban J connectivity index is 1.64. The highest BCUT2D eigenvalue weighted by atomic mass is 16.2. The maximum Gasteiger partial charge on any atom is 0.280 e. The third kappa shape index (κ3) is 2.85. The minimum Gasteiger partial charge on any atom is -0.343 e. The molecule has 0 bridgehead atoms. The first-order valence-electron chi connectivity index (χ1n) is 8.24. The third-order valence-corrected chi connectivity index (χ3v) is 4.60. The van der Waals surface area contributed by atoms with Gasteiger partial charge in [-0.25, -0.2) is 0 Å². The van der Waals surface area contributed by atoms with Gasteiger partial charge in [-0.3, -0.25) is 24.3 Å². The van der Waals surface area contributed by atoms with Crippen LogP contribution in [0.4, 0.5) is 0 Å². The van der Waals surface area contributed by atoms with E-state index in [1.54, 1.807) is 12.1 Å². The summed E-state index contributed by atoms with van der Waals surface area (Å²) in [6.45, 7) is 3.28. The van der Waals surface area contributed by atoms with Gasteiger partial charge in [0.1, 0.15) is 5.69 Å². The lowest BCUT2D eigenvalue weighted by Gasteiger charge is -2.35. The molecule has 1 fully saturated rings. The number of amides is 3. The van der Waals surface area contributed by atoms with Crippen molar-refractivity contribution in [2.45, 2.75) is 45.1 Å². The van der Waals surface area contributed by atoms with Crippen LogP contribution in [0.3, 0.4) is 0 Å². The molecule has 0 atom stereocenters. The first kappa shape index (κ1) is 15.6. The largest absolute Gasteiger partial charge is 0.343 e. The molecule has 2 aliphatic rings. The number of carbonyl (C=O) groups is 3. The maximum absolute atomic E-state index is 12.4. The van der Waals surface area contributed by atoms with Crippen molar-refractivity contribution >= 4 is 17.7 Å². The zero-order valence-corrected chi connectivity index (χ0v) is 13.3. The van der Waals surface area contributed by atoms with E-state index in [4.69, 9.17) is 0 Å². The van der Waals surface area contributed by atoms with Crippen molar-refractivity contribution in [1.29, 1.82) is 0 Å².